The lowest BCUT2D eigenvalue weighted by Gasteiger charge is -2.10. The summed E-state index contributed by atoms with van der Waals surface area (Å²) < 4.78 is 39.2. The number of aromatic nitrogens is 1. The molecule has 1 N–H and O–H groups in total. The van der Waals surface area contributed by atoms with Crippen LogP contribution in [0.15, 0.2) is 6.07 Å². The summed E-state index contributed by atoms with van der Waals surface area (Å²) in [4.78, 5) is 13.1. The molecule has 17 heavy (non-hydrogen) atoms. The van der Waals surface area contributed by atoms with Gasteiger partial charge in [0.15, 0.2) is 3.70 Å². The molecule has 1 aromatic rings. The minimum Gasteiger partial charge on any atom is -0.396 e. The van der Waals surface area contributed by atoms with Crippen LogP contribution < -0.4 is 4.74 Å². The summed E-state index contributed by atoms with van der Waals surface area (Å²) >= 11 is 1.36. The van der Waals surface area contributed by atoms with Crippen molar-refractivity contribution in [2.24, 2.45) is 0 Å². The topological polar surface area (TPSA) is 85.5 Å². The third kappa shape index (κ3) is 3.66. The quantitative estimate of drug-likeness (QED) is 0.384. The second kappa shape index (κ2) is 5.00. The Hall–Kier alpha value is -1.17. The lowest BCUT2D eigenvalue weighted by atomic mass is 10.3. The lowest BCUT2D eigenvalue weighted by Crippen LogP contribution is -2.19. The Morgan fingerprint density at radius 2 is 2.18 bits per heavy atom. The molecular formula is C7H4F3IN2O4. The summed E-state index contributed by atoms with van der Waals surface area (Å²) in [6, 6.07) is 0.725. The van der Waals surface area contributed by atoms with Crippen LogP contribution in [0.3, 0.4) is 0 Å². The Labute approximate surface area is 106 Å². The number of halogens is 4. The molecule has 0 saturated heterocycles. The Bertz CT molecular complexity index is 451. The van der Waals surface area contributed by atoms with E-state index < -0.39 is 29.3 Å². The maximum atomic E-state index is 12.0. The maximum absolute atomic E-state index is 12.0. The van der Waals surface area contributed by atoms with Crippen LogP contribution in [0.2, 0.25) is 0 Å². The predicted octanol–water partition coefficient (Wildman–Crippen LogP) is 1.99. The van der Waals surface area contributed by atoms with Crippen molar-refractivity contribution in [2.45, 2.75) is 13.0 Å². The molecule has 0 aliphatic rings. The first-order chi connectivity index (χ1) is 7.74. The summed E-state index contributed by atoms with van der Waals surface area (Å²) in [5.74, 6) is -0.986. The zero-order valence-electron chi connectivity index (χ0n) is 7.86. The van der Waals surface area contributed by atoms with E-state index in [1.54, 1.807) is 0 Å². The molecule has 0 saturated carbocycles. The van der Waals surface area contributed by atoms with Gasteiger partial charge in [0.1, 0.15) is 0 Å². The molecule has 1 heterocycles. The van der Waals surface area contributed by atoms with Crippen molar-refractivity contribution in [3.05, 3.63) is 25.6 Å². The Balaban J connectivity index is 3.32. The number of hydrogen-bond donors (Lipinski definition) is 1. The normalized spacial score (nSPS) is 11.4. The first kappa shape index (κ1) is 13.9. The van der Waals surface area contributed by atoms with Crippen LogP contribution in [0.25, 0.3) is 0 Å². The van der Waals surface area contributed by atoms with Crippen LogP contribution in [0.1, 0.15) is 5.69 Å². The van der Waals surface area contributed by atoms with Crippen LogP contribution in [0.5, 0.6) is 5.75 Å². The van der Waals surface area contributed by atoms with E-state index in [-0.39, 0.29) is 9.39 Å². The van der Waals surface area contributed by atoms with E-state index in [1.807, 2.05) is 0 Å². The molecule has 0 amide bonds. The van der Waals surface area contributed by atoms with Crippen molar-refractivity contribution in [2.75, 3.05) is 0 Å². The number of pyridine rings is 1. The second-order valence-electron chi connectivity index (χ2n) is 2.72. The van der Waals surface area contributed by atoms with Crippen LogP contribution >= 0.6 is 22.6 Å². The third-order valence-corrected chi connectivity index (χ3v) is 2.27. The van der Waals surface area contributed by atoms with Gasteiger partial charge in [-0.15, -0.1) is 13.2 Å². The number of nitrogens with zero attached hydrogens (tertiary/aromatic N) is 2. The van der Waals surface area contributed by atoms with E-state index in [4.69, 9.17) is 5.11 Å². The van der Waals surface area contributed by atoms with Gasteiger partial charge >= 0.3 is 12.0 Å². The zero-order valence-corrected chi connectivity index (χ0v) is 10.0. The molecule has 1 rings (SSSR count). The Morgan fingerprint density at radius 3 is 2.59 bits per heavy atom. The van der Waals surface area contributed by atoms with Crippen molar-refractivity contribution in [3.8, 4) is 5.75 Å². The van der Waals surface area contributed by atoms with E-state index in [9.17, 15) is 23.3 Å². The van der Waals surface area contributed by atoms with Crippen LogP contribution in [-0.4, -0.2) is 21.4 Å². The molecule has 0 bridgehead atoms. The fourth-order valence-corrected chi connectivity index (χ4v) is 1.66. The van der Waals surface area contributed by atoms with Gasteiger partial charge in [-0.2, -0.15) is 0 Å². The van der Waals surface area contributed by atoms with Gasteiger partial charge in [-0.05, 0) is 22.6 Å². The SMILES string of the molecule is O=[N+]([O-])c1cc(CO)nc(I)c1OC(F)(F)F. The maximum Gasteiger partial charge on any atom is 0.573 e. The van der Waals surface area contributed by atoms with E-state index in [0.717, 1.165) is 6.07 Å². The van der Waals surface area contributed by atoms with Crippen molar-refractivity contribution in [1.82, 2.24) is 4.98 Å². The number of ether oxygens (including phenoxy) is 1. The summed E-state index contributed by atoms with van der Waals surface area (Å²) in [5.41, 5.74) is -1.01. The highest BCUT2D eigenvalue weighted by molar-refractivity contribution is 14.1. The smallest absolute Gasteiger partial charge is 0.396 e. The van der Waals surface area contributed by atoms with Crippen LogP contribution in [0, 0.1) is 13.8 Å². The van der Waals surface area contributed by atoms with E-state index in [0.29, 0.717) is 0 Å². The number of hydrogen-bond acceptors (Lipinski definition) is 5. The summed E-state index contributed by atoms with van der Waals surface area (Å²) in [6.07, 6.45) is -5.05. The molecule has 0 unspecified atom stereocenters. The largest absolute Gasteiger partial charge is 0.573 e. The van der Waals surface area contributed by atoms with Gasteiger partial charge in [0.25, 0.3) is 0 Å². The molecule has 0 radical (unpaired) electrons. The van der Waals surface area contributed by atoms with Crippen LogP contribution in [0.4, 0.5) is 18.9 Å². The molecule has 10 heteroatoms. The number of aliphatic hydroxyl groups excluding tert-OH is 1. The summed E-state index contributed by atoms with van der Waals surface area (Å²) in [6.45, 7) is -0.622. The fourth-order valence-electron chi connectivity index (χ4n) is 0.965. The van der Waals surface area contributed by atoms with Crippen molar-refractivity contribution in [1.29, 1.82) is 0 Å². The zero-order chi connectivity index (χ0) is 13.2. The number of alkyl halides is 3. The van der Waals surface area contributed by atoms with Crippen molar-refractivity contribution in [3.63, 3.8) is 0 Å². The highest BCUT2D eigenvalue weighted by Crippen LogP contribution is 2.35. The molecule has 0 aliphatic heterocycles. The molecular weight excluding hydrogens is 360 g/mol. The van der Waals surface area contributed by atoms with Crippen molar-refractivity contribution < 1.29 is 27.9 Å². The monoisotopic (exact) mass is 364 g/mol. The highest BCUT2D eigenvalue weighted by Gasteiger charge is 2.36. The molecule has 94 valence electrons. The first-order valence-electron chi connectivity index (χ1n) is 3.95. The third-order valence-electron chi connectivity index (χ3n) is 1.54. The van der Waals surface area contributed by atoms with Gasteiger partial charge in [-0.1, -0.05) is 0 Å². The van der Waals surface area contributed by atoms with Crippen molar-refractivity contribution >= 4 is 28.3 Å². The molecule has 6 nitrogen and oxygen atoms in total. The Morgan fingerprint density at radius 1 is 1.59 bits per heavy atom. The van der Waals surface area contributed by atoms with Gasteiger partial charge in [0.2, 0.25) is 5.75 Å². The Kier molecular flexibility index (Phi) is 4.08. The molecule has 1 aromatic heterocycles. The number of aliphatic hydroxyl groups is 1. The van der Waals surface area contributed by atoms with Gasteiger partial charge in [-0.3, -0.25) is 10.1 Å². The average molecular weight is 364 g/mol. The second-order valence-corrected chi connectivity index (χ2v) is 3.74. The van der Waals surface area contributed by atoms with Gasteiger partial charge in [0.05, 0.1) is 17.2 Å². The van der Waals surface area contributed by atoms with Gasteiger partial charge in [-0.25, -0.2) is 4.98 Å². The summed E-state index contributed by atoms with van der Waals surface area (Å²) in [5, 5.41) is 19.3. The minimum absolute atomic E-state index is 0.115. The van der Waals surface area contributed by atoms with Gasteiger partial charge < -0.3 is 9.84 Å². The van der Waals surface area contributed by atoms with Crippen LogP contribution in [-0.2, 0) is 6.61 Å². The number of nitro groups is 1. The fraction of sp³-hybridized carbons (Fsp3) is 0.286. The molecule has 0 aromatic carbocycles. The summed E-state index contributed by atoms with van der Waals surface area (Å²) in [7, 11) is 0. The number of rotatable bonds is 3. The van der Waals surface area contributed by atoms with E-state index in [2.05, 4.69) is 9.72 Å². The predicted molar refractivity (Wildman–Crippen MR) is 56.2 cm³/mol. The average Bonchev–Trinajstić information content (AvgIpc) is 2.18. The van der Waals surface area contributed by atoms with E-state index in [1.165, 1.54) is 22.6 Å². The highest BCUT2D eigenvalue weighted by atomic mass is 127. The molecule has 0 fully saturated rings. The van der Waals surface area contributed by atoms with Gasteiger partial charge in [0, 0.05) is 6.07 Å². The molecule has 0 atom stereocenters. The first-order valence-corrected chi connectivity index (χ1v) is 5.03. The molecule has 0 spiro atoms. The van der Waals surface area contributed by atoms with E-state index >= 15 is 0 Å². The standard InChI is InChI=1S/C7H4F3IN2O4/c8-7(9,10)17-5-4(13(15)16)1-3(2-14)12-6(5)11/h1,14H,2H2. The molecule has 0 aliphatic carbocycles. The lowest BCUT2D eigenvalue weighted by molar-refractivity contribution is -0.389. The minimum atomic E-state index is -5.05.